The summed E-state index contributed by atoms with van der Waals surface area (Å²) in [6.45, 7) is 7.74. The third-order valence-electron chi connectivity index (χ3n) is 4.67. The smallest absolute Gasteiger partial charge is 0.329 e. The molecule has 5 heteroatoms. The van der Waals surface area contributed by atoms with E-state index in [9.17, 15) is 14.7 Å². The molecule has 1 heterocycles. The SMILES string of the molecule is CC(C)(C)C1=CCN(C(=O)NC2(C(=O)O)CCCC2)CC1. The average Bonchev–Trinajstić information content (AvgIpc) is 2.88. The summed E-state index contributed by atoms with van der Waals surface area (Å²) in [5.41, 5.74) is 0.446. The lowest BCUT2D eigenvalue weighted by Gasteiger charge is -2.34. The number of hydrogen-bond donors (Lipinski definition) is 2. The van der Waals surface area contributed by atoms with Crippen molar-refractivity contribution in [3.8, 4) is 0 Å². The molecular weight excluding hydrogens is 268 g/mol. The minimum Gasteiger partial charge on any atom is -0.480 e. The van der Waals surface area contributed by atoms with Crippen LogP contribution in [0.25, 0.3) is 0 Å². The van der Waals surface area contributed by atoms with Gasteiger partial charge in [0, 0.05) is 13.1 Å². The summed E-state index contributed by atoms with van der Waals surface area (Å²) in [4.78, 5) is 25.5. The van der Waals surface area contributed by atoms with E-state index >= 15 is 0 Å². The van der Waals surface area contributed by atoms with Gasteiger partial charge in [-0.3, -0.25) is 0 Å². The predicted molar refractivity (Wildman–Crippen MR) is 81.1 cm³/mol. The molecule has 0 saturated heterocycles. The van der Waals surface area contributed by atoms with Gasteiger partial charge in [0.2, 0.25) is 0 Å². The predicted octanol–water partition coefficient (Wildman–Crippen LogP) is 2.77. The maximum Gasteiger partial charge on any atom is 0.329 e. The first-order valence-electron chi connectivity index (χ1n) is 7.75. The highest BCUT2D eigenvalue weighted by Gasteiger charge is 2.43. The van der Waals surface area contributed by atoms with Crippen LogP contribution in [0.2, 0.25) is 0 Å². The highest BCUT2D eigenvalue weighted by molar-refractivity contribution is 5.86. The maximum atomic E-state index is 12.3. The van der Waals surface area contributed by atoms with Gasteiger partial charge in [0.05, 0.1) is 0 Å². The highest BCUT2D eigenvalue weighted by atomic mass is 16.4. The van der Waals surface area contributed by atoms with Gasteiger partial charge in [-0.15, -0.1) is 0 Å². The third-order valence-corrected chi connectivity index (χ3v) is 4.67. The van der Waals surface area contributed by atoms with E-state index in [0.717, 1.165) is 19.3 Å². The number of nitrogens with one attached hydrogen (secondary N) is 1. The van der Waals surface area contributed by atoms with Crippen LogP contribution in [0.4, 0.5) is 4.79 Å². The average molecular weight is 294 g/mol. The summed E-state index contributed by atoms with van der Waals surface area (Å²) in [5, 5.41) is 12.2. The van der Waals surface area contributed by atoms with E-state index in [-0.39, 0.29) is 11.4 Å². The van der Waals surface area contributed by atoms with Gasteiger partial charge in [-0.25, -0.2) is 9.59 Å². The molecule has 118 valence electrons. The van der Waals surface area contributed by atoms with Crippen molar-refractivity contribution in [1.29, 1.82) is 0 Å². The Morgan fingerprint density at radius 3 is 2.33 bits per heavy atom. The van der Waals surface area contributed by atoms with Gasteiger partial charge in [0.15, 0.2) is 0 Å². The summed E-state index contributed by atoms with van der Waals surface area (Å²) in [6.07, 6.45) is 5.75. The van der Waals surface area contributed by atoms with E-state index in [0.29, 0.717) is 25.9 Å². The summed E-state index contributed by atoms with van der Waals surface area (Å²) in [7, 11) is 0. The van der Waals surface area contributed by atoms with Crippen LogP contribution in [-0.4, -0.2) is 40.6 Å². The molecular formula is C16H26N2O3. The number of carbonyl (C=O) groups excluding carboxylic acids is 1. The third kappa shape index (κ3) is 3.39. The number of aliphatic carboxylic acids is 1. The number of carbonyl (C=O) groups is 2. The molecule has 0 unspecified atom stereocenters. The van der Waals surface area contributed by atoms with Gasteiger partial charge >= 0.3 is 12.0 Å². The number of nitrogens with zero attached hydrogens (tertiary/aromatic N) is 1. The standard InChI is InChI=1S/C16H26N2O3/c1-15(2,3)12-6-10-18(11-7-12)14(21)17-16(13(19)20)8-4-5-9-16/h6H,4-5,7-11H2,1-3H3,(H,17,21)(H,19,20). The number of urea groups is 1. The molecule has 0 aromatic carbocycles. The molecule has 5 nitrogen and oxygen atoms in total. The van der Waals surface area contributed by atoms with Crippen molar-refractivity contribution in [2.75, 3.05) is 13.1 Å². The lowest BCUT2D eigenvalue weighted by molar-refractivity contribution is -0.144. The lowest BCUT2D eigenvalue weighted by atomic mass is 9.83. The fourth-order valence-electron chi connectivity index (χ4n) is 3.19. The topological polar surface area (TPSA) is 69.6 Å². The first-order valence-corrected chi connectivity index (χ1v) is 7.75. The Hall–Kier alpha value is -1.52. The summed E-state index contributed by atoms with van der Waals surface area (Å²) in [6, 6.07) is -0.247. The molecule has 2 N–H and O–H groups in total. The molecule has 2 amide bonds. The molecule has 1 aliphatic heterocycles. The largest absolute Gasteiger partial charge is 0.480 e. The molecule has 21 heavy (non-hydrogen) atoms. The summed E-state index contributed by atoms with van der Waals surface area (Å²) < 4.78 is 0. The van der Waals surface area contributed by atoms with Gasteiger partial charge in [-0.05, 0) is 24.7 Å². The number of carboxylic acid groups (broad SMARTS) is 1. The van der Waals surface area contributed by atoms with Crippen molar-refractivity contribution in [3.05, 3.63) is 11.6 Å². The van der Waals surface area contributed by atoms with Gasteiger partial charge in [-0.2, -0.15) is 0 Å². The van der Waals surface area contributed by atoms with Crippen LogP contribution in [0.5, 0.6) is 0 Å². The van der Waals surface area contributed by atoms with Crippen LogP contribution in [0.15, 0.2) is 11.6 Å². The Morgan fingerprint density at radius 2 is 1.90 bits per heavy atom. The number of amides is 2. The second kappa shape index (κ2) is 5.70. The molecule has 0 radical (unpaired) electrons. The normalized spacial score (nSPS) is 21.9. The minimum atomic E-state index is -1.05. The first-order chi connectivity index (χ1) is 9.74. The quantitative estimate of drug-likeness (QED) is 0.769. The number of carboxylic acids is 1. The molecule has 2 aliphatic rings. The second-order valence-corrected chi connectivity index (χ2v) is 7.20. The van der Waals surface area contributed by atoms with Crippen LogP contribution in [0.3, 0.4) is 0 Å². The summed E-state index contributed by atoms with van der Waals surface area (Å²) in [5.74, 6) is -0.906. The Balaban J connectivity index is 1.99. The molecule has 0 aromatic heterocycles. The van der Waals surface area contributed by atoms with E-state index in [4.69, 9.17) is 0 Å². The maximum absolute atomic E-state index is 12.3. The van der Waals surface area contributed by atoms with Gasteiger partial charge < -0.3 is 15.3 Å². The van der Waals surface area contributed by atoms with E-state index in [1.165, 1.54) is 5.57 Å². The van der Waals surface area contributed by atoms with Crippen LogP contribution in [0.1, 0.15) is 52.9 Å². The van der Waals surface area contributed by atoms with Gasteiger partial charge in [-0.1, -0.05) is 45.3 Å². The first kappa shape index (κ1) is 15.9. The zero-order valence-electron chi connectivity index (χ0n) is 13.2. The van der Waals surface area contributed by atoms with Crippen molar-refractivity contribution in [2.24, 2.45) is 5.41 Å². The molecule has 1 fully saturated rings. The van der Waals surface area contributed by atoms with Gasteiger partial charge in [0.1, 0.15) is 5.54 Å². The van der Waals surface area contributed by atoms with Gasteiger partial charge in [0.25, 0.3) is 0 Å². The van der Waals surface area contributed by atoms with Crippen molar-refractivity contribution in [2.45, 2.75) is 58.4 Å². The molecule has 1 saturated carbocycles. The number of hydrogen-bond acceptors (Lipinski definition) is 2. The molecule has 0 spiro atoms. The second-order valence-electron chi connectivity index (χ2n) is 7.20. The minimum absolute atomic E-state index is 0.135. The van der Waals surface area contributed by atoms with Crippen molar-refractivity contribution in [3.63, 3.8) is 0 Å². The molecule has 0 atom stereocenters. The highest BCUT2D eigenvalue weighted by Crippen LogP contribution is 2.32. The molecule has 0 bridgehead atoms. The van der Waals surface area contributed by atoms with E-state index in [1.54, 1.807) is 4.90 Å². The van der Waals surface area contributed by atoms with Crippen LogP contribution in [0, 0.1) is 5.41 Å². The van der Waals surface area contributed by atoms with E-state index < -0.39 is 11.5 Å². The fraction of sp³-hybridized carbons (Fsp3) is 0.750. The Kier molecular flexibility index (Phi) is 4.30. The Labute approximate surface area is 126 Å². The van der Waals surface area contributed by atoms with Crippen LogP contribution < -0.4 is 5.32 Å². The molecule has 1 aliphatic carbocycles. The van der Waals surface area contributed by atoms with Crippen LogP contribution >= 0.6 is 0 Å². The van der Waals surface area contributed by atoms with E-state index in [2.05, 4.69) is 32.2 Å². The lowest BCUT2D eigenvalue weighted by Crippen LogP contribution is -2.57. The molecule has 0 aromatic rings. The zero-order valence-corrected chi connectivity index (χ0v) is 13.2. The summed E-state index contributed by atoms with van der Waals surface area (Å²) >= 11 is 0. The fourth-order valence-corrected chi connectivity index (χ4v) is 3.19. The number of rotatable bonds is 2. The van der Waals surface area contributed by atoms with E-state index in [1.807, 2.05) is 0 Å². The monoisotopic (exact) mass is 294 g/mol. The Bertz CT molecular complexity index is 457. The van der Waals surface area contributed by atoms with Crippen molar-refractivity contribution < 1.29 is 14.7 Å². The van der Waals surface area contributed by atoms with Crippen molar-refractivity contribution in [1.82, 2.24) is 10.2 Å². The van der Waals surface area contributed by atoms with Crippen molar-refractivity contribution >= 4 is 12.0 Å². The van der Waals surface area contributed by atoms with Crippen LogP contribution in [-0.2, 0) is 4.79 Å². The Morgan fingerprint density at radius 1 is 1.29 bits per heavy atom. The zero-order chi connectivity index (χ0) is 15.7. The molecule has 2 rings (SSSR count).